The molecule has 3 aliphatic heterocycles. The molecule has 76 heavy (non-hydrogen) atoms. The van der Waals surface area contributed by atoms with Gasteiger partial charge in [0.05, 0.1) is 44.8 Å². The average Bonchev–Trinajstić information content (AvgIpc) is 4.18. The SMILES string of the molecule is CO[C@H]1C(OP(=O)([O-])OC[C@H]2O[C@@H](n3cnc4c(=O)[nH]c(N)nc43)[C@@H](O)C2O)[C@@H](COP(=O)([O-])OP(=O)([O-])OP(=O)([O-])OC[C@H]2O[C@@H]([n+]3cn(C)c4c(=O)[nH]c(N)nc43)C(O)[C@H]2SC)O[C@H]1n1cnc2c(N)ncnc21. The molecule has 0 aromatic carbocycles. The molecule has 3 fully saturated rings. The van der Waals surface area contributed by atoms with Crippen LogP contribution in [0.25, 0.3) is 33.5 Å². The van der Waals surface area contributed by atoms with E-state index in [9.17, 15) is 62.7 Å². The molecule has 7 unspecified atom stereocenters. The van der Waals surface area contributed by atoms with Gasteiger partial charge in [-0.2, -0.15) is 16.7 Å². The van der Waals surface area contributed by atoms with Gasteiger partial charge < -0.3 is 89.1 Å². The van der Waals surface area contributed by atoms with E-state index in [2.05, 4.69) is 48.5 Å². The third-order valence-corrected chi connectivity index (χ3v) is 18.0. The number of aliphatic hydroxyl groups is 3. The standard InChI is InChI=1S/C33H45N15O23P4S/c1-45-10-48(26-16(45)28(53)44-33(36)42-26)30-19(51)22(76-3)13(68-30)6-65-74(58,59)71-75(60,61)70-73(56,57)64-5-12-20(21(62-2)31(67-12)46-8-39-14-23(34)37-7-38-24(14)46)69-72(54,55)63-4-11-17(49)18(50)29(66-11)47-9-40-15-25(47)41-32(35)43-27(15)52/h7-13,17-22,29-31,49-51H,4-6H2,1-3H3,(H11-,34,35,36,37,38,41,42,43,44,52,53,54,55,56,57,58,59,60,61)/p-3/t11-,12-,13-,17?,18+,19?,20?,21+,22+,29-,30-,31-/m1/s1. The molecule has 416 valence electrons. The first-order chi connectivity index (χ1) is 35.7. The van der Waals surface area contributed by atoms with Crippen molar-refractivity contribution in [1.82, 2.24) is 53.6 Å². The van der Waals surface area contributed by atoms with Gasteiger partial charge in [0.25, 0.3) is 48.4 Å². The number of thioether (sulfide) groups is 1. The van der Waals surface area contributed by atoms with Crippen LogP contribution in [0.1, 0.15) is 18.7 Å². The van der Waals surface area contributed by atoms with Crippen LogP contribution in [0.5, 0.6) is 0 Å². The van der Waals surface area contributed by atoms with Crippen LogP contribution < -0.4 is 52.5 Å². The number of nitrogens with one attached hydrogen (secondary N) is 2. The molecule has 16 atom stereocenters. The van der Waals surface area contributed by atoms with Gasteiger partial charge in [-0.05, 0) is 6.26 Å². The van der Waals surface area contributed by atoms with Gasteiger partial charge in [-0.25, -0.2) is 33.1 Å². The second-order valence-corrected chi connectivity index (χ2v) is 23.5. The Hall–Kier alpha value is -4.76. The highest BCUT2D eigenvalue weighted by Crippen LogP contribution is 2.63. The fraction of sp³-hybridized carbons (Fsp3) is 0.545. The first-order valence-electron chi connectivity index (χ1n) is 21.5. The van der Waals surface area contributed by atoms with Crippen LogP contribution in [0.4, 0.5) is 17.7 Å². The highest BCUT2D eigenvalue weighted by molar-refractivity contribution is 7.99. The van der Waals surface area contributed by atoms with Crippen LogP contribution >= 0.6 is 43.1 Å². The summed E-state index contributed by atoms with van der Waals surface area (Å²) in [7, 11) is -22.1. The van der Waals surface area contributed by atoms with Crippen molar-refractivity contribution >= 4 is 94.3 Å². The first-order valence-corrected chi connectivity index (χ1v) is 28.6. The van der Waals surface area contributed by atoms with E-state index in [0.717, 1.165) is 47.0 Å². The van der Waals surface area contributed by atoms with Crippen LogP contribution in [-0.2, 0) is 71.0 Å². The first kappa shape index (κ1) is 56.0. The van der Waals surface area contributed by atoms with Crippen LogP contribution in [0.2, 0.25) is 0 Å². The van der Waals surface area contributed by atoms with Crippen molar-refractivity contribution in [2.24, 2.45) is 7.05 Å². The lowest BCUT2D eigenvalue weighted by atomic mass is 10.1. The van der Waals surface area contributed by atoms with Gasteiger partial charge in [0, 0.05) is 7.11 Å². The van der Waals surface area contributed by atoms with Gasteiger partial charge in [-0.3, -0.25) is 51.5 Å². The number of phosphoric ester groups is 3. The van der Waals surface area contributed by atoms with Crippen molar-refractivity contribution in [3.05, 3.63) is 46.0 Å². The maximum atomic E-state index is 13.6. The summed E-state index contributed by atoms with van der Waals surface area (Å²) in [6.07, 6.45) is -11.9. The number of aliphatic hydroxyl groups excluding tert-OH is 3. The summed E-state index contributed by atoms with van der Waals surface area (Å²) in [5, 5.41) is 31.9. The smallest absolute Gasteiger partial charge is 0.313 e. The minimum absolute atomic E-state index is 0.0218. The Morgan fingerprint density at radius 1 is 0.724 bits per heavy atom. The Balaban J connectivity index is 0.866. The number of fused-ring (bicyclic) bond motifs is 3. The maximum Gasteiger partial charge on any atom is 0.313 e. The van der Waals surface area contributed by atoms with E-state index < -0.39 is 135 Å². The number of ether oxygens (including phenoxy) is 4. The summed E-state index contributed by atoms with van der Waals surface area (Å²) in [4.78, 5) is 106. The molecular weight excluding hydrogens is 1130 g/mol. The Labute approximate surface area is 426 Å². The number of imidazole rings is 3. The largest absolute Gasteiger partial charge is 0.756 e. The van der Waals surface area contributed by atoms with Crippen LogP contribution in [0, 0.1) is 0 Å². The molecule has 38 nitrogen and oxygen atoms in total. The van der Waals surface area contributed by atoms with E-state index in [0.29, 0.717) is 0 Å². The molecule has 3 saturated heterocycles. The van der Waals surface area contributed by atoms with E-state index in [1.54, 1.807) is 0 Å². The molecular formula is C33H42N15O23P4S-3. The summed E-state index contributed by atoms with van der Waals surface area (Å²) in [6, 6.07) is 0. The van der Waals surface area contributed by atoms with Crippen molar-refractivity contribution < 1.29 is 103 Å². The number of aromatic amines is 2. The highest BCUT2D eigenvalue weighted by atomic mass is 32.2. The number of hydrogen-bond acceptors (Lipinski definition) is 33. The van der Waals surface area contributed by atoms with E-state index in [1.165, 1.54) is 28.8 Å². The topological polar surface area (TPSA) is 553 Å². The molecule has 0 radical (unpaired) electrons. The lowest BCUT2D eigenvalue weighted by molar-refractivity contribution is -0.745. The Kier molecular flexibility index (Phi) is 15.6. The molecule has 0 spiro atoms. The molecule has 6 aromatic heterocycles. The minimum Gasteiger partial charge on any atom is -0.756 e. The Morgan fingerprint density at radius 2 is 1.32 bits per heavy atom. The quantitative estimate of drug-likeness (QED) is 0.0261. The number of phosphoric acid groups is 4. The zero-order valence-electron chi connectivity index (χ0n) is 38.8. The van der Waals surface area contributed by atoms with Crippen molar-refractivity contribution in [1.29, 1.82) is 0 Å². The number of aryl methyl sites for hydroxylation is 1. The van der Waals surface area contributed by atoms with Gasteiger partial charge >= 0.3 is 5.65 Å². The van der Waals surface area contributed by atoms with Gasteiger partial charge in [-0.15, -0.1) is 0 Å². The summed E-state index contributed by atoms with van der Waals surface area (Å²) in [5.41, 5.74) is 15.5. The third-order valence-electron chi connectivity index (χ3n) is 11.8. The van der Waals surface area contributed by atoms with Crippen LogP contribution in [-0.4, -0.2) is 156 Å². The number of hydrogen-bond donors (Lipinski definition) is 8. The molecule has 11 N–H and O–H groups in total. The van der Waals surface area contributed by atoms with Crippen molar-refractivity contribution in [3.63, 3.8) is 0 Å². The monoisotopic (exact) mass is 1170 g/mol. The summed E-state index contributed by atoms with van der Waals surface area (Å²) < 4.78 is 108. The number of nitrogen functional groups attached to an aromatic ring is 3. The van der Waals surface area contributed by atoms with Crippen LogP contribution in [0.15, 0.2) is 34.9 Å². The molecule has 6 aromatic rings. The van der Waals surface area contributed by atoms with Crippen molar-refractivity contribution in [2.75, 3.05) is 50.4 Å². The molecule has 0 amide bonds. The maximum absolute atomic E-state index is 13.6. The lowest BCUT2D eigenvalue weighted by Crippen LogP contribution is -2.45. The molecule has 9 heterocycles. The van der Waals surface area contributed by atoms with Gasteiger partial charge in [0.1, 0.15) is 60.7 Å². The molecule has 0 aliphatic carbocycles. The number of nitrogens with two attached hydrogens (primary N) is 3. The third kappa shape index (κ3) is 11.1. The highest BCUT2D eigenvalue weighted by Gasteiger charge is 2.51. The zero-order valence-corrected chi connectivity index (χ0v) is 43.2. The molecule has 0 bridgehead atoms. The summed E-state index contributed by atoms with van der Waals surface area (Å²) in [6.45, 7) is -3.45. The van der Waals surface area contributed by atoms with Crippen molar-refractivity contribution in [2.45, 2.75) is 72.8 Å². The number of aromatic nitrogens is 12. The van der Waals surface area contributed by atoms with E-state index in [4.69, 9.17) is 54.2 Å². The van der Waals surface area contributed by atoms with E-state index in [-0.39, 0.29) is 51.2 Å². The average molecular weight is 1170 g/mol. The molecule has 43 heteroatoms. The van der Waals surface area contributed by atoms with Gasteiger partial charge in [0.15, 0.2) is 41.4 Å². The predicted molar refractivity (Wildman–Crippen MR) is 241 cm³/mol. The summed E-state index contributed by atoms with van der Waals surface area (Å²) in [5.74, 6) is -0.704. The fourth-order valence-electron chi connectivity index (χ4n) is 8.54. The predicted octanol–water partition coefficient (Wildman–Crippen LogP) is -5.87. The number of methoxy groups -OCH3 is 1. The van der Waals surface area contributed by atoms with Gasteiger partial charge in [0.2, 0.25) is 17.7 Å². The summed E-state index contributed by atoms with van der Waals surface area (Å²) >= 11 is 0.989. The van der Waals surface area contributed by atoms with Gasteiger partial charge in [-0.1, -0.05) is 4.98 Å². The van der Waals surface area contributed by atoms with Crippen LogP contribution in [0.3, 0.4) is 0 Å². The molecule has 0 saturated carbocycles. The molecule has 3 aliphatic rings. The van der Waals surface area contributed by atoms with E-state index in [1.807, 2.05) is 0 Å². The number of H-pyrrole nitrogens is 2. The second-order valence-electron chi connectivity index (χ2n) is 16.6. The Morgan fingerprint density at radius 3 is 1.99 bits per heavy atom. The minimum atomic E-state index is -6.54. The molecule has 9 rings (SSSR count). The number of rotatable bonds is 20. The normalized spacial score (nSPS) is 30.2. The fourth-order valence-corrected chi connectivity index (χ4v) is 13.7. The van der Waals surface area contributed by atoms with E-state index >= 15 is 0 Å². The second kappa shape index (κ2) is 21.1. The number of nitrogens with zero attached hydrogens (tertiary/aromatic N) is 10. The Bertz CT molecular complexity index is 3490. The lowest BCUT2D eigenvalue weighted by Gasteiger charge is -2.35. The number of anilines is 3. The zero-order chi connectivity index (χ0) is 55.0. The van der Waals surface area contributed by atoms with Crippen molar-refractivity contribution in [3.8, 4) is 0 Å².